The van der Waals surface area contributed by atoms with Crippen LogP contribution in [0.25, 0.3) is 0 Å². The molecule has 0 bridgehead atoms. The predicted octanol–water partition coefficient (Wildman–Crippen LogP) is 2.80. The number of nitrogens with one attached hydrogen (secondary N) is 2. The number of methoxy groups -OCH3 is 1. The Morgan fingerprint density at radius 3 is 2.79 bits per heavy atom. The number of rotatable bonds is 5. The van der Waals surface area contributed by atoms with Gasteiger partial charge in [0.25, 0.3) is 11.6 Å². The van der Waals surface area contributed by atoms with Crippen LogP contribution in [0.3, 0.4) is 0 Å². The van der Waals surface area contributed by atoms with Gasteiger partial charge in [-0.25, -0.2) is 4.79 Å². The molecule has 0 radical (unpaired) electrons. The van der Waals surface area contributed by atoms with Crippen molar-refractivity contribution in [1.82, 2.24) is 5.32 Å². The van der Waals surface area contributed by atoms with Crippen LogP contribution >= 0.6 is 0 Å². The molecule has 1 unspecified atom stereocenters. The van der Waals surface area contributed by atoms with Crippen molar-refractivity contribution >= 4 is 23.3 Å². The highest BCUT2D eigenvalue weighted by atomic mass is 16.5. The molecule has 0 aliphatic carbocycles. The molecule has 1 atom stereocenters. The first-order valence-corrected chi connectivity index (χ1v) is 8.92. The maximum absolute atomic E-state index is 13.2. The molecule has 1 aromatic heterocycles. The summed E-state index contributed by atoms with van der Waals surface area (Å²) in [6, 6.07) is 15.9. The highest BCUT2D eigenvalue weighted by molar-refractivity contribution is 6.11. The zero-order chi connectivity index (χ0) is 20.4. The first kappa shape index (κ1) is 18.6. The van der Waals surface area contributed by atoms with Crippen molar-refractivity contribution in [3.05, 3.63) is 78.3 Å². The van der Waals surface area contributed by atoms with Crippen LogP contribution in [0.5, 0.6) is 5.75 Å². The zero-order valence-electron chi connectivity index (χ0n) is 15.6. The minimum Gasteiger partial charge on any atom is -0.497 e. The quantitative estimate of drug-likeness (QED) is 0.618. The molecule has 8 nitrogen and oxygen atoms in total. The summed E-state index contributed by atoms with van der Waals surface area (Å²) < 4.78 is 10.5. The lowest BCUT2D eigenvalue weighted by Crippen LogP contribution is -2.62. The number of ether oxygens (including phenoxy) is 1. The van der Waals surface area contributed by atoms with Gasteiger partial charge in [0, 0.05) is 11.6 Å². The first-order chi connectivity index (χ1) is 14.0. The molecule has 3 aromatic rings. The molecule has 1 aliphatic rings. The number of carbonyl (C=O) groups excluding carboxylic acids is 2. The highest BCUT2D eigenvalue weighted by Gasteiger charge is 2.52. The van der Waals surface area contributed by atoms with E-state index in [0.717, 1.165) is 4.90 Å². The SMILES string of the molecule is COc1cccc(N2C(=O)Nc3ccccc3C2(O)C(=O)NCc2ccco2)c1. The van der Waals surface area contributed by atoms with E-state index in [0.29, 0.717) is 22.9 Å². The van der Waals surface area contributed by atoms with Gasteiger partial charge in [-0.3, -0.25) is 9.69 Å². The van der Waals surface area contributed by atoms with Crippen molar-refractivity contribution in [2.45, 2.75) is 12.3 Å². The number of amides is 3. The molecule has 29 heavy (non-hydrogen) atoms. The third-order valence-corrected chi connectivity index (χ3v) is 4.70. The lowest BCUT2D eigenvalue weighted by atomic mass is 9.94. The van der Waals surface area contributed by atoms with Gasteiger partial charge in [0.15, 0.2) is 0 Å². The largest absolute Gasteiger partial charge is 0.497 e. The minimum absolute atomic E-state index is 0.0594. The average molecular weight is 393 g/mol. The number of hydrogen-bond donors (Lipinski definition) is 3. The van der Waals surface area contributed by atoms with Crippen molar-refractivity contribution in [2.75, 3.05) is 17.3 Å². The Morgan fingerprint density at radius 1 is 1.21 bits per heavy atom. The summed E-state index contributed by atoms with van der Waals surface area (Å²) in [5.74, 6) is 0.231. The first-order valence-electron chi connectivity index (χ1n) is 8.92. The van der Waals surface area contributed by atoms with Crippen molar-refractivity contribution in [1.29, 1.82) is 0 Å². The smallest absolute Gasteiger partial charge is 0.329 e. The van der Waals surface area contributed by atoms with Crippen molar-refractivity contribution in [3.8, 4) is 5.75 Å². The van der Waals surface area contributed by atoms with Crippen LogP contribution in [0.2, 0.25) is 0 Å². The van der Waals surface area contributed by atoms with Gasteiger partial charge in [-0.1, -0.05) is 24.3 Å². The number of anilines is 2. The number of benzene rings is 2. The topological polar surface area (TPSA) is 104 Å². The maximum atomic E-state index is 13.2. The second-order valence-corrected chi connectivity index (χ2v) is 6.45. The normalized spacial score (nSPS) is 18.0. The zero-order valence-corrected chi connectivity index (χ0v) is 15.6. The number of hydrogen-bond acceptors (Lipinski definition) is 5. The molecule has 0 fully saturated rings. The Labute approximate surface area is 166 Å². The van der Waals surface area contributed by atoms with E-state index in [9.17, 15) is 14.7 Å². The number of furan rings is 1. The van der Waals surface area contributed by atoms with Gasteiger partial charge in [0.1, 0.15) is 11.5 Å². The second kappa shape index (κ2) is 7.33. The summed E-state index contributed by atoms with van der Waals surface area (Å²) in [7, 11) is 1.49. The Hall–Kier alpha value is -3.78. The molecule has 0 saturated carbocycles. The minimum atomic E-state index is -2.28. The van der Waals surface area contributed by atoms with Crippen LogP contribution in [0.4, 0.5) is 16.2 Å². The lowest BCUT2D eigenvalue weighted by molar-refractivity contribution is -0.140. The molecule has 2 heterocycles. The van der Waals surface area contributed by atoms with E-state index in [4.69, 9.17) is 9.15 Å². The molecule has 148 valence electrons. The highest BCUT2D eigenvalue weighted by Crippen LogP contribution is 2.40. The fourth-order valence-corrected chi connectivity index (χ4v) is 3.32. The number of nitrogens with zero attached hydrogens (tertiary/aromatic N) is 1. The van der Waals surface area contributed by atoms with Crippen molar-refractivity contribution in [3.63, 3.8) is 0 Å². The van der Waals surface area contributed by atoms with Gasteiger partial charge in [0.05, 0.1) is 31.3 Å². The number of urea groups is 1. The summed E-state index contributed by atoms with van der Waals surface area (Å²) >= 11 is 0. The average Bonchev–Trinajstić information content (AvgIpc) is 3.26. The van der Waals surface area contributed by atoms with Gasteiger partial charge < -0.3 is 24.9 Å². The van der Waals surface area contributed by atoms with Crippen molar-refractivity contribution in [2.24, 2.45) is 0 Å². The number of carbonyl (C=O) groups is 2. The molecule has 0 spiro atoms. The Morgan fingerprint density at radius 2 is 2.03 bits per heavy atom. The van der Waals surface area contributed by atoms with E-state index >= 15 is 0 Å². The van der Waals surface area contributed by atoms with Gasteiger partial charge in [-0.05, 0) is 30.3 Å². The molecular weight excluding hydrogens is 374 g/mol. The van der Waals surface area contributed by atoms with Crippen LogP contribution < -0.4 is 20.3 Å². The number of para-hydroxylation sites is 1. The second-order valence-electron chi connectivity index (χ2n) is 6.45. The Kier molecular flexibility index (Phi) is 4.69. The van der Waals surface area contributed by atoms with Crippen LogP contribution in [0.15, 0.2) is 71.3 Å². The monoisotopic (exact) mass is 393 g/mol. The molecule has 8 heteroatoms. The van der Waals surface area contributed by atoms with E-state index in [1.807, 2.05) is 0 Å². The predicted molar refractivity (Wildman–Crippen MR) is 105 cm³/mol. The van der Waals surface area contributed by atoms with Crippen LogP contribution in [-0.2, 0) is 17.1 Å². The van der Waals surface area contributed by atoms with Gasteiger partial charge in [-0.15, -0.1) is 0 Å². The van der Waals surface area contributed by atoms with E-state index in [1.54, 1.807) is 60.7 Å². The summed E-state index contributed by atoms with van der Waals surface area (Å²) in [6.45, 7) is 0.0594. The summed E-state index contributed by atoms with van der Waals surface area (Å²) in [4.78, 5) is 27.1. The van der Waals surface area contributed by atoms with E-state index in [2.05, 4.69) is 10.6 Å². The van der Waals surface area contributed by atoms with Gasteiger partial charge >= 0.3 is 6.03 Å². The number of fused-ring (bicyclic) bond motifs is 1. The molecule has 3 amide bonds. The van der Waals surface area contributed by atoms with E-state index in [-0.39, 0.29) is 12.1 Å². The Bertz CT molecular complexity index is 1050. The summed E-state index contributed by atoms with van der Waals surface area (Å²) in [6.07, 6.45) is 1.49. The molecule has 4 rings (SSSR count). The van der Waals surface area contributed by atoms with Crippen LogP contribution in [0, 0.1) is 0 Å². The molecule has 1 aliphatic heterocycles. The Balaban J connectivity index is 1.79. The van der Waals surface area contributed by atoms with Crippen molar-refractivity contribution < 1.29 is 23.8 Å². The van der Waals surface area contributed by atoms with Crippen LogP contribution in [-0.4, -0.2) is 24.2 Å². The summed E-state index contributed by atoms with van der Waals surface area (Å²) in [5.41, 5.74) is -1.38. The third kappa shape index (κ3) is 3.19. The number of aliphatic hydroxyl groups is 1. The fourth-order valence-electron chi connectivity index (χ4n) is 3.32. The lowest BCUT2D eigenvalue weighted by Gasteiger charge is -2.42. The molecular formula is C21H19N3O5. The summed E-state index contributed by atoms with van der Waals surface area (Å²) in [5, 5.41) is 17.0. The molecule has 0 saturated heterocycles. The fraction of sp³-hybridized carbons (Fsp3) is 0.143. The van der Waals surface area contributed by atoms with Gasteiger partial charge in [-0.2, -0.15) is 0 Å². The van der Waals surface area contributed by atoms with Gasteiger partial charge in [0.2, 0.25) is 0 Å². The van der Waals surface area contributed by atoms with E-state index < -0.39 is 17.7 Å². The standard InChI is InChI=1S/C21H19N3O5/c1-28-15-7-4-6-14(12-15)24-20(26)23-18-10-3-2-9-17(18)21(24,27)19(25)22-13-16-8-5-11-29-16/h2-12,27H,13H2,1H3,(H,22,25)(H,23,26). The third-order valence-electron chi connectivity index (χ3n) is 4.70. The van der Waals surface area contributed by atoms with E-state index in [1.165, 1.54) is 13.4 Å². The maximum Gasteiger partial charge on any atom is 0.329 e. The van der Waals surface area contributed by atoms with Crippen LogP contribution in [0.1, 0.15) is 11.3 Å². The molecule has 3 N–H and O–H groups in total. The molecule has 2 aromatic carbocycles.